The number of esters is 1. The number of aliphatic hydroxyl groups is 1. The molecule has 91 heavy (non-hydrogen) atoms. The fraction of sp³-hybridized carbons (Fsp3) is 0.483. The zero-order chi connectivity index (χ0) is 64.9. The molecule has 8 amide bonds. The Kier molecular flexibility index (Phi) is 22.9. The molecule has 0 radical (unpaired) electrons. The van der Waals surface area contributed by atoms with Crippen LogP contribution < -0.4 is 42.8 Å². The van der Waals surface area contributed by atoms with Crippen molar-refractivity contribution in [1.82, 2.24) is 61.6 Å². The third-order valence-corrected chi connectivity index (χ3v) is 17.0. The molecule has 1 aliphatic carbocycles. The maximum absolute atomic E-state index is 15.4. The molecule has 4 aliphatic rings. The van der Waals surface area contributed by atoms with Crippen LogP contribution in [-0.2, 0) is 97.9 Å². The van der Waals surface area contributed by atoms with Crippen LogP contribution in [0.25, 0.3) is 33.3 Å². The molecule has 2 aromatic carbocycles. The highest BCUT2D eigenvalue weighted by atomic mass is 79.9. The molecule has 6 heterocycles. The molecule has 486 valence electrons. The Labute approximate surface area is 536 Å². The van der Waals surface area contributed by atoms with Crippen LogP contribution in [0.3, 0.4) is 0 Å². The summed E-state index contributed by atoms with van der Waals surface area (Å²) >= 11 is 6.85. The minimum atomic E-state index is -2.05. The van der Waals surface area contributed by atoms with Gasteiger partial charge in [0.05, 0.1) is 149 Å². The number of halogens is 3. The minimum Gasteiger partial charge on any atom is -0.458 e. The summed E-state index contributed by atoms with van der Waals surface area (Å²) in [5.74, 6) is -6.27. The Hall–Kier alpha value is -7.94. The van der Waals surface area contributed by atoms with Gasteiger partial charge in [-0.25, -0.2) is 24.1 Å². The monoisotopic (exact) mass is 1390 g/mol. The van der Waals surface area contributed by atoms with Gasteiger partial charge in [-0.1, -0.05) is 38.8 Å². The number of nitrogens with zero attached hydrogens (tertiary/aromatic N) is 5. The summed E-state index contributed by atoms with van der Waals surface area (Å²) in [5.41, 5.74) is 4.76. The summed E-state index contributed by atoms with van der Waals surface area (Å²) in [7, 11) is 0. The number of aryl methyl sites for hydroxylation is 1. The van der Waals surface area contributed by atoms with E-state index >= 15 is 4.39 Å². The molecular weight excluding hydrogens is 1320 g/mol. The number of nitrogens with one attached hydrogen (secondary N) is 7. The van der Waals surface area contributed by atoms with Crippen molar-refractivity contribution < 1.29 is 76.3 Å². The molecule has 0 spiro atoms. The Balaban J connectivity index is 0.576. The van der Waals surface area contributed by atoms with Crippen molar-refractivity contribution in [2.45, 2.75) is 75.0 Å². The van der Waals surface area contributed by atoms with E-state index in [4.69, 9.17) is 28.7 Å². The quantitative estimate of drug-likeness (QED) is 0.0165. The maximum atomic E-state index is 15.4. The van der Waals surface area contributed by atoms with Crippen LogP contribution >= 0.6 is 31.9 Å². The second-order valence-electron chi connectivity index (χ2n) is 21.8. The van der Waals surface area contributed by atoms with Gasteiger partial charge in [-0.05, 0) is 67.1 Å². The number of cyclic esters (lactones) is 1. The molecule has 9 rings (SSSR count). The fourth-order valence-electron chi connectivity index (χ4n) is 10.9. The van der Waals surface area contributed by atoms with E-state index in [-0.39, 0.29) is 81.8 Å². The van der Waals surface area contributed by atoms with E-state index in [1.807, 2.05) is 0 Å². The van der Waals surface area contributed by atoms with Gasteiger partial charge in [0.2, 0.25) is 41.4 Å². The predicted molar refractivity (Wildman–Crippen MR) is 329 cm³/mol. The van der Waals surface area contributed by atoms with E-state index in [0.29, 0.717) is 119 Å². The number of hydrogen-bond donors (Lipinski definition) is 8. The number of alkyl halides is 2. The largest absolute Gasteiger partial charge is 0.458 e. The zero-order valence-corrected chi connectivity index (χ0v) is 53.1. The molecule has 5 aromatic rings. The van der Waals surface area contributed by atoms with Crippen LogP contribution in [0.2, 0.25) is 0 Å². The number of hydrogen-bond acceptors (Lipinski definition) is 19. The first-order valence-electron chi connectivity index (χ1n) is 29.6. The van der Waals surface area contributed by atoms with Crippen molar-refractivity contribution in [2.24, 2.45) is 5.92 Å². The SMILES string of the molecule is CC[C@]1(O)C(=O)OCc2c1cc1n(c2=O)Cc2c-1nc1cc(F)c(C)c3c1c2[C@H](NC(=O)C1CN(C(=O)CNC(=O)CNC(=O)CNC(=O)CNC(=O)CNC(=O)CCOCCOCCOCCOCCNC(=O)c2ccc4nc(CBr)c(CBr)nc4c2)C1)CC3. The third-order valence-electron chi connectivity index (χ3n) is 16.0. The van der Waals surface area contributed by atoms with E-state index < -0.39 is 103 Å². The lowest BCUT2D eigenvalue weighted by Gasteiger charge is -2.39. The number of aromatic nitrogens is 4. The average molecular weight is 1390 g/mol. The molecular formula is C60H69Br2FN12O16. The summed E-state index contributed by atoms with van der Waals surface area (Å²) in [6.07, 6.45) is 0.739. The van der Waals surface area contributed by atoms with Gasteiger partial charge in [0.25, 0.3) is 11.5 Å². The van der Waals surface area contributed by atoms with Crippen LogP contribution in [0.15, 0.2) is 35.1 Å². The van der Waals surface area contributed by atoms with Gasteiger partial charge >= 0.3 is 5.97 Å². The van der Waals surface area contributed by atoms with Gasteiger partial charge in [0.1, 0.15) is 12.4 Å². The molecule has 0 saturated carbocycles. The molecule has 0 unspecified atom stereocenters. The minimum absolute atomic E-state index is 0.0355. The summed E-state index contributed by atoms with van der Waals surface area (Å²) in [6.45, 7) is 3.20. The summed E-state index contributed by atoms with van der Waals surface area (Å²) < 4.78 is 44.0. The topological polar surface area (TPSA) is 368 Å². The smallest absolute Gasteiger partial charge is 0.343 e. The highest BCUT2D eigenvalue weighted by Crippen LogP contribution is 2.46. The Morgan fingerprint density at radius 2 is 1.29 bits per heavy atom. The third kappa shape index (κ3) is 16.0. The second kappa shape index (κ2) is 30.9. The summed E-state index contributed by atoms with van der Waals surface area (Å²) in [6, 6.07) is 7.50. The lowest BCUT2D eigenvalue weighted by molar-refractivity contribution is -0.172. The first-order chi connectivity index (χ1) is 43.8. The highest BCUT2D eigenvalue weighted by molar-refractivity contribution is 9.09. The van der Waals surface area contributed by atoms with Crippen LogP contribution in [0.4, 0.5) is 4.39 Å². The van der Waals surface area contributed by atoms with Crippen molar-refractivity contribution >= 4 is 107 Å². The van der Waals surface area contributed by atoms with Gasteiger partial charge in [-0.3, -0.25) is 43.2 Å². The molecule has 28 nitrogen and oxygen atoms in total. The van der Waals surface area contributed by atoms with Crippen LogP contribution in [0.5, 0.6) is 0 Å². The number of benzene rings is 2. The number of carbonyl (C=O) groups is 9. The number of ether oxygens (including phenoxy) is 5. The maximum Gasteiger partial charge on any atom is 0.343 e. The van der Waals surface area contributed by atoms with Gasteiger partial charge in [-0.15, -0.1) is 0 Å². The Bertz CT molecular complexity index is 3740. The van der Waals surface area contributed by atoms with Crippen molar-refractivity contribution in [3.05, 3.63) is 96.8 Å². The van der Waals surface area contributed by atoms with E-state index in [0.717, 1.165) is 17.0 Å². The van der Waals surface area contributed by atoms with E-state index in [1.165, 1.54) is 15.5 Å². The van der Waals surface area contributed by atoms with Crippen LogP contribution in [0, 0.1) is 18.7 Å². The first kappa shape index (κ1) is 67.5. The number of carbonyl (C=O) groups excluding carboxylic acids is 9. The lowest BCUT2D eigenvalue weighted by atomic mass is 9.81. The van der Waals surface area contributed by atoms with Crippen molar-refractivity contribution in [3.63, 3.8) is 0 Å². The molecule has 31 heteroatoms. The van der Waals surface area contributed by atoms with Crippen LogP contribution in [0.1, 0.15) is 87.4 Å². The van der Waals surface area contributed by atoms with Crippen molar-refractivity contribution in [1.29, 1.82) is 0 Å². The van der Waals surface area contributed by atoms with Crippen molar-refractivity contribution in [2.75, 3.05) is 105 Å². The Morgan fingerprint density at radius 1 is 0.703 bits per heavy atom. The average Bonchev–Trinajstić information content (AvgIpc) is 1.63. The fourth-order valence-corrected chi connectivity index (χ4v) is 11.8. The molecule has 8 N–H and O–H groups in total. The van der Waals surface area contributed by atoms with E-state index in [1.54, 1.807) is 38.1 Å². The number of fused-ring (bicyclic) bond motifs is 6. The van der Waals surface area contributed by atoms with E-state index in [9.17, 15) is 53.1 Å². The predicted octanol–water partition coefficient (Wildman–Crippen LogP) is 0.290. The number of rotatable bonds is 31. The second-order valence-corrected chi connectivity index (χ2v) is 23.0. The normalized spacial score (nSPS) is 16.2. The lowest BCUT2D eigenvalue weighted by Crippen LogP contribution is -2.58. The van der Waals surface area contributed by atoms with Gasteiger partial charge < -0.3 is 75.5 Å². The van der Waals surface area contributed by atoms with Gasteiger partial charge in [-0.2, -0.15) is 0 Å². The standard InChI is InChI=1S/C60H69Br2FN12O16/c1-3-60(86)38-19-46-55-36(30-75(46)58(84)37(38)31-91-59(60)85)54-41(7-5-35-32(2)39(63)20-43(72-55)53(35)54)73-57(83)34-28-74(29-34)52(81)27-69-51(80)26-68-50(79)25-67-49(78)24-66-48(77)23-65-47(76)8-10-87-12-14-89-16-17-90-15-13-88-11-9-64-56(82)33-4-6-40-42(18-33)71-45(22-62)44(21-61)70-40/h4,6,18-20,34,41,86H,3,5,7-17,21-31H2,1-2H3,(H,64,82)(H,65,76)(H,66,77)(H,67,78)(H,68,79)(H,69,80)(H,73,83)/t41-,60-/m1/s1. The molecule has 3 aromatic heterocycles. The van der Waals surface area contributed by atoms with Gasteiger partial charge in [0.15, 0.2) is 5.60 Å². The van der Waals surface area contributed by atoms with Gasteiger partial charge in [0, 0.05) is 64.9 Å². The van der Waals surface area contributed by atoms with Crippen LogP contribution in [-0.4, -0.2) is 188 Å². The van der Waals surface area contributed by atoms with E-state index in [2.05, 4.69) is 79.0 Å². The summed E-state index contributed by atoms with van der Waals surface area (Å²) in [4.78, 5) is 143. The number of amides is 8. The zero-order valence-electron chi connectivity index (χ0n) is 50.0. The number of pyridine rings is 2. The highest BCUT2D eigenvalue weighted by Gasteiger charge is 2.46. The molecule has 2 atom stereocenters. The Morgan fingerprint density at radius 3 is 1.90 bits per heavy atom. The number of likely N-dealkylation sites (tertiary alicyclic amines) is 1. The molecule has 3 aliphatic heterocycles. The molecule has 0 bridgehead atoms. The van der Waals surface area contributed by atoms with Crippen molar-refractivity contribution in [3.8, 4) is 11.4 Å². The summed E-state index contributed by atoms with van der Waals surface area (Å²) in [5, 5.41) is 30.9. The first-order valence-corrected chi connectivity index (χ1v) is 31.8. The molecule has 1 fully saturated rings. The molecule has 1 saturated heterocycles.